The monoisotopic (exact) mass is 300 g/mol. The van der Waals surface area contributed by atoms with Crippen LogP contribution in [-0.4, -0.2) is 22.8 Å². The molecule has 0 radical (unpaired) electrons. The fourth-order valence-corrected chi connectivity index (χ4v) is 2.46. The van der Waals surface area contributed by atoms with Crippen LogP contribution in [0.2, 0.25) is 0 Å². The van der Waals surface area contributed by atoms with Crippen LogP contribution in [0.15, 0.2) is 24.7 Å². The van der Waals surface area contributed by atoms with Gasteiger partial charge in [-0.3, -0.25) is 4.98 Å². The lowest BCUT2D eigenvalue weighted by Gasteiger charge is -2.28. The van der Waals surface area contributed by atoms with E-state index >= 15 is 0 Å². The zero-order valence-electron chi connectivity index (χ0n) is 7.48. The Bertz CT molecular complexity index is 476. The average molecular weight is 300 g/mol. The van der Waals surface area contributed by atoms with Crippen LogP contribution >= 0.6 is 22.6 Å². The molecule has 4 heteroatoms. The second-order valence-electron chi connectivity index (χ2n) is 3.47. The van der Waals surface area contributed by atoms with E-state index in [1.165, 1.54) is 14.5 Å². The SMILES string of the molecule is Ic1cn(C2COC2)c2ccncc12. The molecule has 0 aromatic carbocycles. The summed E-state index contributed by atoms with van der Waals surface area (Å²) in [4.78, 5) is 4.14. The van der Waals surface area contributed by atoms with Crippen LogP contribution in [0.25, 0.3) is 10.9 Å². The van der Waals surface area contributed by atoms with Crippen LogP contribution < -0.4 is 0 Å². The first kappa shape index (κ1) is 8.67. The summed E-state index contributed by atoms with van der Waals surface area (Å²) in [7, 11) is 0. The lowest BCUT2D eigenvalue weighted by molar-refractivity contribution is -0.0214. The van der Waals surface area contributed by atoms with Gasteiger partial charge >= 0.3 is 0 Å². The summed E-state index contributed by atoms with van der Waals surface area (Å²) >= 11 is 2.35. The number of halogens is 1. The molecule has 1 aliphatic rings. The van der Waals surface area contributed by atoms with Crippen LogP contribution in [0.5, 0.6) is 0 Å². The third-order valence-corrected chi connectivity index (χ3v) is 3.46. The Morgan fingerprint density at radius 1 is 1.50 bits per heavy atom. The minimum absolute atomic E-state index is 0.517. The van der Waals surface area contributed by atoms with Gasteiger partial charge < -0.3 is 9.30 Å². The highest BCUT2D eigenvalue weighted by Crippen LogP contribution is 2.28. The number of fused-ring (bicyclic) bond motifs is 1. The van der Waals surface area contributed by atoms with Crippen molar-refractivity contribution >= 4 is 33.5 Å². The van der Waals surface area contributed by atoms with Crippen molar-refractivity contribution < 1.29 is 4.74 Å². The second-order valence-corrected chi connectivity index (χ2v) is 4.63. The van der Waals surface area contributed by atoms with Gasteiger partial charge in [0, 0.05) is 27.5 Å². The molecule has 2 aromatic rings. The Morgan fingerprint density at radius 2 is 2.36 bits per heavy atom. The van der Waals surface area contributed by atoms with E-state index in [0.29, 0.717) is 6.04 Å². The molecule has 0 saturated carbocycles. The van der Waals surface area contributed by atoms with Crippen LogP contribution in [0.4, 0.5) is 0 Å². The van der Waals surface area contributed by atoms with Crippen molar-refractivity contribution in [3.63, 3.8) is 0 Å². The van der Waals surface area contributed by atoms with Crippen molar-refractivity contribution in [2.45, 2.75) is 6.04 Å². The van der Waals surface area contributed by atoms with Crippen molar-refractivity contribution in [3.05, 3.63) is 28.2 Å². The van der Waals surface area contributed by atoms with Crippen LogP contribution in [0, 0.1) is 3.57 Å². The van der Waals surface area contributed by atoms with E-state index in [1.54, 1.807) is 0 Å². The van der Waals surface area contributed by atoms with E-state index in [0.717, 1.165) is 13.2 Å². The van der Waals surface area contributed by atoms with E-state index in [4.69, 9.17) is 4.74 Å². The third kappa shape index (κ3) is 1.17. The molecular weight excluding hydrogens is 291 g/mol. The zero-order valence-corrected chi connectivity index (χ0v) is 9.64. The number of rotatable bonds is 1. The Balaban J connectivity index is 2.23. The molecule has 0 N–H and O–H groups in total. The number of ether oxygens (including phenoxy) is 1. The van der Waals surface area contributed by atoms with Crippen molar-refractivity contribution in [1.29, 1.82) is 0 Å². The van der Waals surface area contributed by atoms with Crippen LogP contribution in [-0.2, 0) is 4.74 Å². The van der Waals surface area contributed by atoms with Gasteiger partial charge in [0.1, 0.15) is 0 Å². The number of nitrogens with zero attached hydrogens (tertiary/aromatic N) is 2. The highest BCUT2D eigenvalue weighted by atomic mass is 127. The maximum absolute atomic E-state index is 5.21. The van der Waals surface area contributed by atoms with Crippen LogP contribution in [0.3, 0.4) is 0 Å². The number of hydrogen-bond donors (Lipinski definition) is 0. The van der Waals surface area contributed by atoms with E-state index in [1.807, 2.05) is 12.4 Å². The fourth-order valence-electron chi connectivity index (χ4n) is 1.74. The molecule has 0 aliphatic carbocycles. The average Bonchev–Trinajstić information content (AvgIpc) is 2.43. The van der Waals surface area contributed by atoms with E-state index < -0.39 is 0 Å². The van der Waals surface area contributed by atoms with Crippen molar-refractivity contribution in [2.75, 3.05) is 13.2 Å². The smallest absolute Gasteiger partial charge is 0.0804 e. The summed E-state index contributed by atoms with van der Waals surface area (Å²) in [6.45, 7) is 1.67. The minimum atomic E-state index is 0.517. The molecule has 0 spiro atoms. The first-order valence-electron chi connectivity index (χ1n) is 4.54. The lowest BCUT2D eigenvalue weighted by Crippen LogP contribution is -2.30. The first-order valence-corrected chi connectivity index (χ1v) is 5.62. The maximum atomic E-state index is 5.21. The van der Waals surface area contributed by atoms with Gasteiger partial charge in [0.15, 0.2) is 0 Å². The number of pyridine rings is 1. The van der Waals surface area contributed by atoms with Gasteiger partial charge in [-0.05, 0) is 28.7 Å². The second kappa shape index (κ2) is 3.20. The zero-order chi connectivity index (χ0) is 9.54. The molecule has 3 heterocycles. The van der Waals surface area contributed by atoms with Gasteiger partial charge in [0.05, 0.1) is 24.8 Å². The largest absolute Gasteiger partial charge is 0.377 e. The van der Waals surface area contributed by atoms with Gasteiger partial charge in [-0.15, -0.1) is 0 Å². The van der Waals surface area contributed by atoms with Crippen LogP contribution in [0.1, 0.15) is 6.04 Å². The van der Waals surface area contributed by atoms with Crippen molar-refractivity contribution in [1.82, 2.24) is 9.55 Å². The number of hydrogen-bond acceptors (Lipinski definition) is 2. The van der Waals surface area contributed by atoms with E-state index in [9.17, 15) is 0 Å². The molecule has 0 amide bonds. The number of aromatic nitrogens is 2. The third-order valence-electron chi connectivity index (χ3n) is 2.60. The van der Waals surface area contributed by atoms with Gasteiger partial charge in [0.2, 0.25) is 0 Å². The summed E-state index contributed by atoms with van der Waals surface area (Å²) < 4.78 is 8.76. The van der Waals surface area contributed by atoms with Crippen molar-refractivity contribution in [2.24, 2.45) is 0 Å². The molecule has 1 aliphatic heterocycles. The molecule has 2 aromatic heterocycles. The van der Waals surface area contributed by atoms with E-state index in [-0.39, 0.29) is 0 Å². The molecule has 0 bridgehead atoms. The van der Waals surface area contributed by atoms with Gasteiger partial charge in [-0.25, -0.2) is 0 Å². The molecule has 1 saturated heterocycles. The first-order chi connectivity index (χ1) is 6.86. The molecule has 3 rings (SSSR count). The predicted octanol–water partition coefficient (Wildman–Crippen LogP) is 2.21. The molecule has 0 atom stereocenters. The molecule has 1 fully saturated rings. The Labute approximate surface area is 95.2 Å². The standard InChI is InChI=1S/C10H9IN2O/c11-9-4-13(7-5-14-6-7)10-1-2-12-3-8(9)10/h1-4,7H,5-6H2. The quantitative estimate of drug-likeness (QED) is 0.755. The Morgan fingerprint density at radius 3 is 3.07 bits per heavy atom. The molecule has 72 valence electrons. The Kier molecular flexibility index (Phi) is 1.98. The normalized spacial score (nSPS) is 17.2. The molecular formula is C10H9IN2O. The predicted molar refractivity (Wildman–Crippen MR) is 62.3 cm³/mol. The van der Waals surface area contributed by atoms with Gasteiger partial charge in [0.25, 0.3) is 0 Å². The summed E-state index contributed by atoms with van der Waals surface area (Å²) in [5.41, 5.74) is 1.26. The summed E-state index contributed by atoms with van der Waals surface area (Å²) in [5, 5.41) is 1.24. The van der Waals surface area contributed by atoms with Gasteiger partial charge in [-0.2, -0.15) is 0 Å². The topological polar surface area (TPSA) is 27.1 Å². The molecule has 14 heavy (non-hydrogen) atoms. The highest BCUT2D eigenvalue weighted by Gasteiger charge is 2.22. The minimum Gasteiger partial charge on any atom is -0.377 e. The molecule has 3 nitrogen and oxygen atoms in total. The maximum Gasteiger partial charge on any atom is 0.0804 e. The summed E-state index contributed by atoms with van der Waals surface area (Å²) in [6, 6.07) is 2.58. The lowest BCUT2D eigenvalue weighted by atomic mass is 10.2. The Hall–Kier alpha value is -0.620. The summed E-state index contributed by atoms with van der Waals surface area (Å²) in [6.07, 6.45) is 5.95. The fraction of sp³-hybridized carbons (Fsp3) is 0.300. The van der Waals surface area contributed by atoms with Crippen molar-refractivity contribution in [3.8, 4) is 0 Å². The molecule has 0 unspecified atom stereocenters. The summed E-state index contributed by atoms with van der Waals surface area (Å²) in [5.74, 6) is 0. The highest BCUT2D eigenvalue weighted by molar-refractivity contribution is 14.1. The van der Waals surface area contributed by atoms with E-state index in [2.05, 4.69) is 44.4 Å². The van der Waals surface area contributed by atoms with Gasteiger partial charge in [-0.1, -0.05) is 0 Å².